The Bertz CT molecular complexity index is 546. The van der Waals surface area contributed by atoms with E-state index in [1.807, 2.05) is 6.07 Å². The van der Waals surface area contributed by atoms with Gasteiger partial charge in [0.25, 0.3) is 0 Å². The number of amides is 1. The number of ketones is 1. The van der Waals surface area contributed by atoms with Gasteiger partial charge in [-0.3, -0.25) is 9.59 Å². The lowest BCUT2D eigenvalue weighted by molar-refractivity contribution is -0.122. The lowest BCUT2D eigenvalue weighted by atomic mass is 10.00. The van der Waals surface area contributed by atoms with Crippen LogP contribution in [0.5, 0.6) is 0 Å². The Kier molecular flexibility index (Phi) is 3.28. The maximum absolute atomic E-state index is 11.8. The minimum atomic E-state index is -0.254. The first-order valence-electron chi connectivity index (χ1n) is 5.69. The van der Waals surface area contributed by atoms with Crippen molar-refractivity contribution in [1.82, 2.24) is 0 Å². The molecule has 0 unspecified atom stereocenters. The minimum absolute atomic E-state index is 0.0384. The predicted octanol–water partition coefficient (Wildman–Crippen LogP) is 1.03. The maximum Gasteiger partial charge on any atom is 0.227 e. The van der Waals surface area contributed by atoms with Crippen molar-refractivity contribution in [3.8, 4) is 6.07 Å². The average Bonchev–Trinajstić information content (AvgIpc) is 2.33. The van der Waals surface area contributed by atoms with E-state index in [1.54, 1.807) is 18.2 Å². The van der Waals surface area contributed by atoms with Crippen LogP contribution in [0.2, 0.25) is 0 Å². The molecule has 1 aliphatic rings. The van der Waals surface area contributed by atoms with Gasteiger partial charge in [-0.05, 0) is 30.2 Å². The summed E-state index contributed by atoms with van der Waals surface area (Å²) in [6, 6.07) is 7.08. The van der Waals surface area contributed by atoms with Crippen molar-refractivity contribution in [2.45, 2.75) is 19.3 Å². The van der Waals surface area contributed by atoms with Gasteiger partial charge < -0.3 is 10.6 Å². The maximum atomic E-state index is 11.8. The lowest BCUT2D eigenvalue weighted by Gasteiger charge is -2.28. The topological polar surface area (TPSA) is 87.2 Å². The molecule has 0 saturated carbocycles. The molecule has 0 saturated heterocycles. The largest absolute Gasteiger partial charge is 0.399 e. The van der Waals surface area contributed by atoms with Gasteiger partial charge in [-0.2, -0.15) is 5.26 Å². The van der Waals surface area contributed by atoms with E-state index in [2.05, 4.69) is 0 Å². The first kappa shape index (κ1) is 12.1. The van der Waals surface area contributed by atoms with Crippen LogP contribution in [0.4, 0.5) is 11.4 Å². The van der Waals surface area contributed by atoms with Crippen molar-refractivity contribution in [1.29, 1.82) is 5.26 Å². The normalized spacial score (nSPS) is 13.9. The third-order valence-corrected chi connectivity index (χ3v) is 2.91. The quantitative estimate of drug-likeness (QED) is 0.803. The molecule has 0 aromatic heterocycles. The van der Waals surface area contributed by atoms with E-state index in [4.69, 9.17) is 11.0 Å². The van der Waals surface area contributed by atoms with E-state index in [0.717, 1.165) is 11.3 Å². The van der Waals surface area contributed by atoms with Crippen LogP contribution in [0.3, 0.4) is 0 Å². The van der Waals surface area contributed by atoms with Gasteiger partial charge in [0, 0.05) is 17.8 Å². The van der Waals surface area contributed by atoms with Crippen LogP contribution in [-0.2, 0) is 16.0 Å². The Hall–Kier alpha value is -2.35. The molecule has 5 nitrogen and oxygen atoms in total. The molecule has 1 aromatic carbocycles. The fraction of sp³-hybridized carbons (Fsp3) is 0.308. The summed E-state index contributed by atoms with van der Waals surface area (Å²) in [6.45, 7) is -0.0384. The summed E-state index contributed by atoms with van der Waals surface area (Å²) in [5.41, 5.74) is 8.04. The number of carbonyl (C=O) groups excluding carboxylic acids is 2. The molecule has 1 heterocycles. The van der Waals surface area contributed by atoms with Crippen molar-refractivity contribution < 1.29 is 9.59 Å². The first-order chi connectivity index (χ1) is 8.61. The number of aryl methyl sites for hydroxylation is 1. The number of nitrogen functional groups attached to an aromatic ring is 1. The second-order valence-electron chi connectivity index (χ2n) is 4.24. The molecule has 1 aliphatic heterocycles. The Morgan fingerprint density at radius 1 is 1.44 bits per heavy atom. The van der Waals surface area contributed by atoms with Crippen LogP contribution in [0, 0.1) is 11.3 Å². The molecular weight excluding hydrogens is 230 g/mol. The second-order valence-corrected chi connectivity index (χ2v) is 4.24. The molecule has 18 heavy (non-hydrogen) atoms. The molecule has 2 rings (SSSR count). The van der Waals surface area contributed by atoms with Crippen molar-refractivity contribution in [3.63, 3.8) is 0 Å². The van der Waals surface area contributed by atoms with Crippen molar-refractivity contribution >= 4 is 23.1 Å². The average molecular weight is 243 g/mol. The number of nitriles is 1. The molecule has 0 bridgehead atoms. The minimum Gasteiger partial charge on any atom is -0.399 e. The van der Waals surface area contributed by atoms with Crippen molar-refractivity contribution in [2.75, 3.05) is 17.2 Å². The summed E-state index contributed by atoms with van der Waals surface area (Å²) >= 11 is 0. The smallest absolute Gasteiger partial charge is 0.227 e. The van der Waals surface area contributed by atoms with Gasteiger partial charge in [0.1, 0.15) is 0 Å². The molecule has 1 amide bonds. The van der Waals surface area contributed by atoms with Gasteiger partial charge in [-0.1, -0.05) is 0 Å². The number of hydrogen-bond donors (Lipinski definition) is 1. The van der Waals surface area contributed by atoms with E-state index < -0.39 is 0 Å². The number of anilines is 2. The zero-order chi connectivity index (χ0) is 13.1. The summed E-state index contributed by atoms with van der Waals surface area (Å²) in [4.78, 5) is 24.8. The molecule has 0 radical (unpaired) electrons. The van der Waals surface area contributed by atoms with Gasteiger partial charge >= 0.3 is 0 Å². The van der Waals surface area contributed by atoms with Crippen molar-refractivity contribution in [2.24, 2.45) is 0 Å². The van der Waals surface area contributed by atoms with Gasteiger partial charge in [0.2, 0.25) is 5.91 Å². The summed E-state index contributed by atoms with van der Waals surface area (Å²) in [5.74, 6) is -0.339. The van der Waals surface area contributed by atoms with E-state index in [9.17, 15) is 9.59 Å². The molecule has 0 spiro atoms. The van der Waals surface area contributed by atoms with Crippen LogP contribution in [0.1, 0.15) is 18.4 Å². The number of fused-ring (bicyclic) bond motifs is 1. The zero-order valence-corrected chi connectivity index (χ0v) is 9.85. The monoisotopic (exact) mass is 243 g/mol. The van der Waals surface area contributed by atoms with Gasteiger partial charge in [0.05, 0.1) is 19.0 Å². The molecule has 1 aromatic rings. The predicted molar refractivity (Wildman–Crippen MR) is 66.8 cm³/mol. The Balaban J connectivity index is 2.28. The number of carbonyl (C=O) groups is 2. The highest BCUT2D eigenvalue weighted by Gasteiger charge is 2.25. The van der Waals surface area contributed by atoms with Crippen LogP contribution in [0.25, 0.3) is 0 Å². The highest BCUT2D eigenvalue weighted by Crippen LogP contribution is 2.29. The molecular formula is C13H13N3O2. The lowest BCUT2D eigenvalue weighted by Crippen LogP contribution is -2.38. The number of nitrogens with zero attached hydrogens (tertiary/aromatic N) is 2. The van der Waals surface area contributed by atoms with Crippen LogP contribution in [0.15, 0.2) is 18.2 Å². The molecule has 2 N–H and O–H groups in total. The fourth-order valence-corrected chi connectivity index (χ4v) is 2.07. The molecule has 0 atom stereocenters. The summed E-state index contributed by atoms with van der Waals surface area (Å²) in [6.07, 6.45) is 0.840. The van der Waals surface area contributed by atoms with E-state index in [1.165, 1.54) is 4.90 Å². The number of nitrogens with two attached hydrogens (primary N) is 1. The number of Topliss-reactive ketones (excluding diaryl/α,β-unsaturated/α-hetero) is 1. The Labute approximate surface area is 105 Å². The number of benzene rings is 1. The number of rotatable bonds is 3. The summed E-state index contributed by atoms with van der Waals surface area (Å²) in [7, 11) is 0. The Morgan fingerprint density at radius 2 is 2.22 bits per heavy atom. The van der Waals surface area contributed by atoms with E-state index in [0.29, 0.717) is 18.5 Å². The fourth-order valence-electron chi connectivity index (χ4n) is 2.07. The SMILES string of the molecule is N#CCC(=O)CN1C(=O)CCc2cc(N)ccc21. The summed E-state index contributed by atoms with van der Waals surface area (Å²) in [5, 5.41) is 8.47. The Morgan fingerprint density at radius 3 is 2.94 bits per heavy atom. The van der Waals surface area contributed by atoms with Crippen molar-refractivity contribution in [3.05, 3.63) is 23.8 Å². The van der Waals surface area contributed by atoms with E-state index >= 15 is 0 Å². The van der Waals surface area contributed by atoms with Gasteiger partial charge in [-0.25, -0.2) is 0 Å². The van der Waals surface area contributed by atoms with E-state index in [-0.39, 0.29) is 24.7 Å². The first-order valence-corrected chi connectivity index (χ1v) is 5.69. The third kappa shape index (κ3) is 2.33. The van der Waals surface area contributed by atoms with Crippen LogP contribution >= 0.6 is 0 Å². The van der Waals surface area contributed by atoms with Gasteiger partial charge in [0.15, 0.2) is 5.78 Å². The molecule has 5 heteroatoms. The van der Waals surface area contributed by atoms with Crippen LogP contribution in [-0.4, -0.2) is 18.2 Å². The molecule has 0 fully saturated rings. The van der Waals surface area contributed by atoms with Gasteiger partial charge in [-0.15, -0.1) is 0 Å². The molecule has 0 aliphatic carbocycles. The highest BCUT2D eigenvalue weighted by molar-refractivity contribution is 6.01. The van der Waals surface area contributed by atoms with Crippen LogP contribution < -0.4 is 10.6 Å². The molecule has 92 valence electrons. The third-order valence-electron chi connectivity index (χ3n) is 2.91. The zero-order valence-electron chi connectivity index (χ0n) is 9.85. The number of hydrogen-bond acceptors (Lipinski definition) is 4. The summed E-state index contributed by atoms with van der Waals surface area (Å²) < 4.78 is 0. The highest BCUT2D eigenvalue weighted by atomic mass is 16.2. The second kappa shape index (κ2) is 4.88. The standard InChI is InChI=1S/C13H13N3O2/c14-6-5-11(17)8-16-12-3-2-10(15)7-9(12)1-4-13(16)18/h2-3,7H,1,4-5,8,15H2.